The monoisotopic (exact) mass is 285 g/mol. The lowest BCUT2D eigenvalue weighted by molar-refractivity contribution is 0.416. The summed E-state index contributed by atoms with van der Waals surface area (Å²) in [4.78, 5) is 0. The van der Waals surface area contributed by atoms with E-state index in [9.17, 15) is 4.21 Å². The smallest absolute Gasteiger partial charge is 0.100 e. The van der Waals surface area contributed by atoms with Crippen molar-refractivity contribution in [2.75, 3.05) is 6.54 Å². The summed E-state index contributed by atoms with van der Waals surface area (Å²) < 4.78 is 14.5. The van der Waals surface area contributed by atoms with Crippen LogP contribution in [-0.4, -0.2) is 19.8 Å². The van der Waals surface area contributed by atoms with Gasteiger partial charge in [0.1, 0.15) is 11.0 Å². The van der Waals surface area contributed by atoms with Crippen LogP contribution in [0.1, 0.15) is 45.2 Å². The SMILES string of the molecule is CC(C)(C)[S@@](=O)N1CCC[C@H]1c1ccc(Cl)cc1. The van der Waals surface area contributed by atoms with Crippen molar-refractivity contribution in [3.05, 3.63) is 34.9 Å². The summed E-state index contributed by atoms with van der Waals surface area (Å²) in [6.45, 7) is 7.00. The van der Waals surface area contributed by atoms with Crippen LogP contribution in [0.5, 0.6) is 0 Å². The topological polar surface area (TPSA) is 20.3 Å². The van der Waals surface area contributed by atoms with E-state index < -0.39 is 11.0 Å². The standard InChI is InChI=1S/C14H20ClNOS/c1-14(2,3)18(17)16-10-4-5-13(16)11-6-8-12(15)9-7-11/h6-9,13H,4-5,10H2,1-3H3/t13-,18+/m0/s1. The molecule has 0 aromatic heterocycles. The number of nitrogens with zero attached hydrogens (tertiary/aromatic N) is 1. The summed E-state index contributed by atoms with van der Waals surface area (Å²) in [6.07, 6.45) is 2.18. The Hall–Kier alpha value is -0.380. The van der Waals surface area contributed by atoms with Gasteiger partial charge in [0.15, 0.2) is 0 Å². The van der Waals surface area contributed by atoms with Crippen molar-refractivity contribution in [2.24, 2.45) is 0 Å². The third kappa shape index (κ3) is 2.95. The summed E-state index contributed by atoms with van der Waals surface area (Å²) in [5.74, 6) is 0. The average molecular weight is 286 g/mol. The van der Waals surface area contributed by atoms with E-state index in [2.05, 4.69) is 4.31 Å². The summed E-state index contributed by atoms with van der Waals surface area (Å²) in [6, 6.07) is 8.18. The Morgan fingerprint density at radius 2 is 1.89 bits per heavy atom. The molecule has 0 N–H and O–H groups in total. The Balaban J connectivity index is 2.22. The van der Waals surface area contributed by atoms with E-state index in [-0.39, 0.29) is 10.8 Å². The quantitative estimate of drug-likeness (QED) is 0.806. The zero-order chi connectivity index (χ0) is 13.3. The molecule has 2 nitrogen and oxygen atoms in total. The molecule has 1 aliphatic rings. The van der Waals surface area contributed by atoms with Gasteiger partial charge in [-0.05, 0) is 51.3 Å². The fourth-order valence-electron chi connectivity index (χ4n) is 2.31. The van der Waals surface area contributed by atoms with Gasteiger partial charge in [-0.15, -0.1) is 0 Å². The molecule has 0 aliphatic carbocycles. The largest absolute Gasteiger partial charge is 0.242 e. The Kier molecular flexibility index (Phi) is 4.15. The number of rotatable bonds is 2. The van der Waals surface area contributed by atoms with Crippen molar-refractivity contribution in [2.45, 2.75) is 44.4 Å². The fourth-order valence-corrected chi connectivity index (χ4v) is 3.89. The maximum Gasteiger partial charge on any atom is 0.100 e. The number of hydrogen-bond donors (Lipinski definition) is 0. The average Bonchev–Trinajstić information content (AvgIpc) is 2.76. The van der Waals surface area contributed by atoms with E-state index in [0.717, 1.165) is 24.4 Å². The molecule has 0 radical (unpaired) electrons. The van der Waals surface area contributed by atoms with Crippen LogP contribution in [0.3, 0.4) is 0 Å². The van der Waals surface area contributed by atoms with Crippen molar-refractivity contribution < 1.29 is 4.21 Å². The molecule has 2 rings (SSSR count). The molecule has 0 bridgehead atoms. The first-order valence-electron chi connectivity index (χ1n) is 6.34. The van der Waals surface area contributed by atoms with Gasteiger partial charge in [0.2, 0.25) is 0 Å². The molecule has 2 atom stereocenters. The minimum Gasteiger partial charge on any atom is -0.242 e. The first-order chi connectivity index (χ1) is 8.39. The minimum atomic E-state index is -0.948. The third-order valence-electron chi connectivity index (χ3n) is 3.20. The van der Waals surface area contributed by atoms with Crippen LogP contribution < -0.4 is 0 Å². The van der Waals surface area contributed by atoms with E-state index in [1.807, 2.05) is 45.0 Å². The summed E-state index contributed by atoms with van der Waals surface area (Å²) in [7, 11) is -0.948. The number of benzene rings is 1. The van der Waals surface area contributed by atoms with Gasteiger partial charge in [0, 0.05) is 17.6 Å². The molecule has 1 aromatic rings. The summed E-state index contributed by atoms with van der Waals surface area (Å²) >= 11 is 5.92. The predicted molar refractivity (Wildman–Crippen MR) is 78.0 cm³/mol. The van der Waals surface area contributed by atoms with E-state index in [0.29, 0.717) is 0 Å². The maximum absolute atomic E-state index is 12.5. The van der Waals surface area contributed by atoms with Crippen LogP contribution >= 0.6 is 11.6 Å². The van der Waals surface area contributed by atoms with Crippen molar-refractivity contribution in [3.8, 4) is 0 Å². The van der Waals surface area contributed by atoms with Crippen LogP contribution in [0.2, 0.25) is 5.02 Å². The van der Waals surface area contributed by atoms with Crippen molar-refractivity contribution in [1.82, 2.24) is 4.31 Å². The summed E-state index contributed by atoms with van der Waals surface area (Å²) in [5, 5.41) is 0.750. The molecule has 1 aromatic carbocycles. The number of halogens is 1. The second-order valence-corrected chi connectivity index (χ2v) is 8.34. The molecule has 0 amide bonds. The third-order valence-corrected chi connectivity index (χ3v) is 5.36. The van der Waals surface area contributed by atoms with Gasteiger partial charge < -0.3 is 0 Å². The van der Waals surface area contributed by atoms with Crippen LogP contribution in [0.15, 0.2) is 24.3 Å². The van der Waals surface area contributed by atoms with Crippen LogP contribution in [0, 0.1) is 0 Å². The fraction of sp³-hybridized carbons (Fsp3) is 0.571. The highest BCUT2D eigenvalue weighted by atomic mass is 35.5. The predicted octanol–water partition coefficient (Wildman–Crippen LogP) is 3.94. The van der Waals surface area contributed by atoms with Gasteiger partial charge >= 0.3 is 0 Å². The minimum absolute atomic E-state index is 0.199. The first-order valence-corrected chi connectivity index (χ1v) is 7.82. The Morgan fingerprint density at radius 3 is 2.44 bits per heavy atom. The van der Waals surface area contributed by atoms with E-state index in [1.54, 1.807) is 0 Å². The Bertz CT molecular complexity index is 438. The first kappa shape index (κ1) is 14.0. The molecular formula is C14H20ClNOS. The zero-order valence-corrected chi connectivity index (χ0v) is 12.7. The molecule has 4 heteroatoms. The molecule has 1 heterocycles. The Morgan fingerprint density at radius 1 is 1.28 bits per heavy atom. The molecule has 1 fully saturated rings. The Labute approximate surface area is 117 Å². The lowest BCUT2D eigenvalue weighted by Gasteiger charge is -2.30. The molecular weight excluding hydrogens is 266 g/mol. The van der Waals surface area contributed by atoms with Gasteiger partial charge in [0.25, 0.3) is 0 Å². The van der Waals surface area contributed by atoms with Gasteiger partial charge in [-0.1, -0.05) is 23.7 Å². The lowest BCUT2D eigenvalue weighted by atomic mass is 10.1. The number of hydrogen-bond acceptors (Lipinski definition) is 1. The maximum atomic E-state index is 12.5. The molecule has 1 saturated heterocycles. The van der Waals surface area contributed by atoms with E-state index in [4.69, 9.17) is 11.6 Å². The van der Waals surface area contributed by atoms with Crippen molar-refractivity contribution in [1.29, 1.82) is 0 Å². The molecule has 0 saturated carbocycles. The van der Waals surface area contributed by atoms with E-state index >= 15 is 0 Å². The molecule has 0 unspecified atom stereocenters. The highest BCUT2D eigenvalue weighted by molar-refractivity contribution is 7.84. The summed E-state index contributed by atoms with van der Waals surface area (Å²) in [5.41, 5.74) is 1.22. The molecule has 18 heavy (non-hydrogen) atoms. The normalized spacial score (nSPS) is 23.2. The van der Waals surface area contributed by atoms with Gasteiger partial charge in [-0.2, -0.15) is 0 Å². The van der Waals surface area contributed by atoms with Gasteiger partial charge in [-0.25, -0.2) is 8.51 Å². The molecule has 1 aliphatic heterocycles. The van der Waals surface area contributed by atoms with Crippen LogP contribution in [-0.2, 0) is 11.0 Å². The van der Waals surface area contributed by atoms with Crippen molar-refractivity contribution in [3.63, 3.8) is 0 Å². The highest BCUT2D eigenvalue weighted by Crippen LogP contribution is 2.36. The van der Waals surface area contributed by atoms with E-state index in [1.165, 1.54) is 5.56 Å². The lowest BCUT2D eigenvalue weighted by Crippen LogP contribution is -2.37. The second kappa shape index (κ2) is 5.32. The van der Waals surface area contributed by atoms with Crippen LogP contribution in [0.25, 0.3) is 0 Å². The second-order valence-electron chi connectivity index (χ2n) is 5.71. The van der Waals surface area contributed by atoms with Gasteiger partial charge in [-0.3, -0.25) is 0 Å². The zero-order valence-electron chi connectivity index (χ0n) is 11.1. The molecule has 0 spiro atoms. The van der Waals surface area contributed by atoms with Crippen molar-refractivity contribution >= 4 is 22.6 Å². The highest BCUT2D eigenvalue weighted by Gasteiger charge is 2.35. The van der Waals surface area contributed by atoms with Gasteiger partial charge in [0.05, 0.1) is 4.75 Å². The molecule has 100 valence electrons. The van der Waals surface area contributed by atoms with Crippen LogP contribution in [0.4, 0.5) is 0 Å².